The van der Waals surface area contributed by atoms with Gasteiger partial charge in [0, 0.05) is 11.3 Å². The molecule has 0 radical (unpaired) electrons. The molecular formula is C20H27F2NO. The number of allylic oxidation sites excluding steroid dienone is 4. The van der Waals surface area contributed by atoms with Gasteiger partial charge in [-0.05, 0) is 57.7 Å². The molecule has 0 aliphatic heterocycles. The molecule has 0 amide bonds. The van der Waals surface area contributed by atoms with Crippen molar-refractivity contribution in [3.63, 3.8) is 0 Å². The SMILES string of the molecule is C\C=C(C)/C=C\C(=C\F)Nc1c(CCC(O)CC)ccc(F)c1C. The lowest BCUT2D eigenvalue weighted by molar-refractivity contribution is 0.160. The van der Waals surface area contributed by atoms with E-state index in [4.69, 9.17) is 0 Å². The highest BCUT2D eigenvalue weighted by Crippen LogP contribution is 2.27. The maximum atomic E-state index is 13.9. The molecule has 2 N–H and O–H groups in total. The van der Waals surface area contributed by atoms with Crippen LogP contribution in [0.3, 0.4) is 0 Å². The zero-order valence-electron chi connectivity index (χ0n) is 14.9. The number of rotatable bonds is 8. The van der Waals surface area contributed by atoms with Crippen LogP contribution in [-0.2, 0) is 6.42 Å². The maximum absolute atomic E-state index is 13.9. The van der Waals surface area contributed by atoms with Crippen LogP contribution in [0.2, 0.25) is 0 Å². The van der Waals surface area contributed by atoms with Gasteiger partial charge in [-0.25, -0.2) is 8.78 Å². The average Bonchev–Trinajstić information content (AvgIpc) is 2.60. The summed E-state index contributed by atoms with van der Waals surface area (Å²) in [5.41, 5.74) is 3.11. The molecule has 1 aromatic carbocycles. The largest absolute Gasteiger partial charge is 0.393 e. The standard InChI is InChI=1S/C20H27F2NO/c1-5-14(3)7-10-17(13-21)23-20-15(4)19(22)12-9-16(20)8-11-18(24)6-2/h5,7,9-10,12-13,18,23-24H,6,8,11H2,1-4H3/b10-7-,14-5-,17-13-. The van der Waals surface area contributed by atoms with Gasteiger partial charge in [0.2, 0.25) is 0 Å². The van der Waals surface area contributed by atoms with Crippen molar-refractivity contribution in [2.45, 2.75) is 53.1 Å². The Morgan fingerprint density at radius 2 is 2.04 bits per heavy atom. The van der Waals surface area contributed by atoms with Crippen molar-refractivity contribution < 1.29 is 13.9 Å². The molecule has 0 aromatic heterocycles. The van der Waals surface area contributed by atoms with Crippen LogP contribution in [0, 0.1) is 12.7 Å². The van der Waals surface area contributed by atoms with Crippen LogP contribution in [0.5, 0.6) is 0 Å². The van der Waals surface area contributed by atoms with Crippen LogP contribution >= 0.6 is 0 Å². The summed E-state index contributed by atoms with van der Waals surface area (Å²) in [6, 6.07) is 3.09. The summed E-state index contributed by atoms with van der Waals surface area (Å²) in [5.74, 6) is -0.343. The maximum Gasteiger partial charge on any atom is 0.128 e. The number of benzene rings is 1. The van der Waals surface area contributed by atoms with Crippen molar-refractivity contribution in [1.29, 1.82) is 0 Å². The summed E-state index contributed by atoms with van der Waals surface area (Å²) in [5, 5.41) is 12.7. The van der Waals surface area contributed by atoms with E-state index in [1.54, 1.807) is 25.1 Å². The number of hydrogen-bond donors (Lipinski definition) is 2. The summed E-state index contributed by atoms with van der Waals surface area (Å²) in [6.07, 6.45) is 7.23. The van der Waals surface area contributed by atoms with E-state index < -0.39 is 6.10 Å². The Labute approximate surface area is 143 Å². The number of aliphatic hydroxyl groups is 1. The minimum absolute atomic E-state index is 0.252. The second-order valence-electron chi connectivity index (χ2n) is 5.86. The van der Waals surface area contributed by atoms with Crippen molar-refractivity contribution in [1.82, 2.24) is 0 Å². The Bertz CT molecular complexity index is 633. The molecule has 0 fully saturated rings. The Hall–Kier alpha value is -1.94. The first-order valence-electron chi connectivity index (χ1n) is 8.27. The van der Waals surface area contributed by atoms with Gasteiger partial charge in [-0.15, -0.1) is 0 Å². The molecule has 0 aliphatic rings. The summed E-state index contributed by atoms with van der Waals surface area (Å²) in [4.78, 5) is 0. The number of hydrogen-bond acceptors (Lipinski definition) is 2. The molecule has 1 rings (SSSR count). The normalized spacial score (nSPS) is 14.3. The molecule has 132 valence electrons. The van der Waals surface area contributed by atoms with Crippen LogP contribution in [-0.4, -0.2) is 11.2 Å². The molecule has 0 bridgehead atoms. The third-order valence-corrected chi connectivity index (χ3v) is 4.07. The smallest absolute Gasteiger partial charge is 0.128 e. The third kappa shape index (κ3) is 5.93. The van der Waals surface area contributed by atoms with E-state index in [1.165, 1.54) is 6.07 Å². The quantitative estimate of drug-likeness (QED) is 0.608. The first-order valence-corrected chi connectivity index (χ1v) is 8.27. The van der Waals surface area contributed by atoms with Crippen molar-refractivity contribution in [2.75, 3.05) is 5.32 Å². The fourth-order valence-corrected chi connectivity index (χ4v) is 2.22. The van der Waals surface area contributed by atoms with Gasteiger partial charge in [0.15, 0.2) is 0 Å². The Morgan fingerprint density at radius 3 is 2.62 bits per heavy atom. The second kappa shape index (κ2) is 10.0. The molecule has 24 heavy (non-hydrogen) atoms. The van der Waals surface area contributed by atoms with Crippen molar-refractivity contribution >= 4 is 5.69 Å². The molecule has 0 heterocycles. The van der Waals surface area contributed by atoms with Crippen LogP contribution in [0.15, 0.2) is 48.0 Å². The van der Waals surface area contributed by atoms with Gasteiger partial charge in [0.1, 0.15) is 12.1 Å². The van der Waals surface area contributed by atoms with Gasteiger partial charge >= 0.3 is 0 Å². The number of aliphatic hydroxyl groups excluding tert-OH is 1. The zero-order valence-corrected chi connectivity index (χ0v) is 14.9. The Kier molecular flexibility index (Phi) is 8.41. The zero-order chi connectivity index (χ0) is 18.1. The fraction of sp³-hybridized carbons (Fsp3) is 0.400. The molecule has 1 atom stereocenters. The van der Waals surface area contributed by atoms with Gasteiger partial charge in [-0.2, -0.15) is 0 Å². The molecular weight excluding hydrogens is 308 g/mol. The predicted octanol–water partition coefficient (Wildman–Crippen LogP) is 5.58. The molecule has 4 heteroatoms. The van der Waals surface area contributed by atoms with E-state index >= 15 is 0 Å². The van der Waals surface area contributed by atoms with E-state index in [-0.39, 0.29) is 11.5 Å². The minimum atomic E-state index is -0.392. The van der Waals surface area contributed by atoms with E-state index in [9.17, 15) is 13.9 Å². The number of halogens is 2. The molecule has 2 nitrogen and oxygen atoms in total. The van der Waals surface area contributed by atoms with Gasteiger partial charge < -0.3 is 10.4 Å². The van der Waals surface area contributed by atoms with Crippen LogP contribution in [0.4, 0.5) is 14.5 Å². The van der Waals surface area contributed by atoms with Crippen LogP contribution < -0.4 is 5.32 Å². The minimum Gasteiger partial charge on any atom is -0.393 e. The number of anilines is 1. The van der Waals surface area contributed by atoms with Gasteiger partial charge in [0.05, 0.1) is 11.8 Å². The average molecular weight is 335 g/mol. The molecule has 1 aromatic rings. The first kappa shape index (κ1) is 20.1. The molecule has 0 aliphatic carbocycles. The highest BCUT2D eigenvalue weighted by Gasteiger charge is 2.12. The molecule has 0 saturated heterocycles. The molecule has 0 spiro atoms. The van der Waals surface area contributed by atoms with Gasteiger partial charge in [-0.1, -0.05) is 30.7 Å². The lowest BCUT2D eigenvalue weighted by Crippen LogP contribution is -2.09. The topological polar surface area (TPSA) is 32.3 Å². The summed E-state index contributed by atoms with van der Waals surface area (Å²) in [6.45, 7) is 7.39. The lowest BCUT2D eigenvalue weighted by atomic mass is 10.00. The molecule has 1 unspecified atom stereocenters. The number of aryl methyl sites for hydroxylation is 1. The van der Waals surface area contributed by atoms with E-state index in [0.29, 0.717) is 36.8 Å². The van der Waals surface area contributed by atoms with Crippen LogP contribution in [0.1, 0.15) is 44.7 Å². The summed E-state index contributed by atoms with van der Waals surface area (Å²) < 4.78 is 27.1. The highest BCUT2D eigenvalue weighted by molar-refractivity contribution is 5.62. The predicted molar refractivity (Wildman–Crippen MR) is 97.1 cm³/mol. The van der Waals surface area contributed by atoms with E-state index in [1.807, 2.05) is 26.8 Å². The summed E-state index contributed by atoms with van der Waals surface area (Å²) in [7, 11) is 0. The lowest BCUT2D eigenvalue weighted by Gasteiger charge is -2.17. The monoisotopic (exact) mass is 335 g/mol. The van der Waals surface area contributed by atoms with Crippen molar-refractivity contribution in [3.8, 4) is 0 Å². The van der Waals surface area contributed by atoms with Crippen molar-refractivity contribution in [2.24, 2.45) is 0 Å². The summed E-state index contributed by atoms with van der Waals surface area (Å²) >= 11 is 0. The Morgan fingerprint density at radius 1 is 1.33 bits per heavy atom. The van der Waals surface area contributed by atoms with Gasteiger partial charge in [0.25, 0.3) is 0 Å². The highest BCUT2D eigenvalue weighted by atomic mass is 19.1. The van der Waals surface area contributed by atoms with E-state index in [2.05, 4.69) is 5.32 Å². The molecule has 0 saturated carbocycles. The van der Waals surface area contributed by atoms with Gasteiger partial charge in [-0.3, -0.25) is 0 Å². The van der Waals surface area contributed by atoms with Crippen molar-refractivity contribution in [3.05, 3.63) is 64.9 Å². The van der Waals surface area contributed by atoms with Crippen LogP contribution in [0.25, 0.3) is 0 Å². The Balaban J connectivity index is 3.07. The first-order chi connectivity index (χ1) is 11.4. The third-order valence-electron chi connectivity index (χ3n) is 4.07. The number of nitrogens with one attached hydrogen (secondary N) is 1. The fourth-order valence-electron chi connectivity index (χ4n) is 2.22. The van der Waals surface area contributed by atoms with E-state index in [0.717, 1.165) is 11.1 Å². The second-order valence-corrected chi connectivity index (χ2v) is 5.86.